The van der Waals surface area contributed by atoms with Gasteiger partial charge in [0.1, 0.15) is 0 Å². The quantitative estimate of drug-likeness (QED) is 0.255. The van der Waals surface area contributed by atoms with E-state index in [2.05, 4.69) is 20.9 Å². The number of benzene rings is 2. The fraction of sp³-hybridized carbons (Fsp3) is 0.391. The number of nitrogens with zero attached hydrogens (tertiary/aromatic N) is 1. The summed E-state index contributed by atoms with van der Waals surface area (Å²) in [4.78, 5) is 16.3. The van der Waals surface area contributed by atoms with E-state index in [9.17, 15) is 18.0 Å². The second-order valence-electron chi connectivity index (χ2n) is 7.61. The molecule has 0 bridgehead atoms. The number of carbonyl (C=O) groups excluding carboxylic acids is 1. The Labute approximate surface area is 203 Å². The van der Waals surface area contributed by atoms with Gasteiger partial charge in [-0.05, 0) is 54.7 Å². The molecule has 1 saturated carbocycles. The number of rotatable bonds is 7. The molecule has 0 aliphatic heterocycles. The summed E-state index contributed by atoms with van der Waals surface area (Å²) in [5.74, 6) is 0.808. The Morgan fingerprint density at radius 3 is 2.38 bits per heavy atom. The minimum Gasteiger partial charge on any atom is -0.356 e. The molecule has 2 aromatic carbocycles. The number of anilines is 1. The van der Waals surface area contributed by atoms with Gasteiger partial charge in [0.2, 0.25) is 5.91 Å². The van der Waals surface area contributed by atoms with Crippen molar-refractivity contribution in [2.75, 3.05) is 18.9 Å². The Morgan fingerprint density at radius 1 is 1.06 bits per heavy atom. The van der Waals surface area contributed by atoms with Crippen LogP contribution in [0, 0.1) is 5.92 Å². The topological polar surface area (TPSA) is 65.5 Å². The molecule has 1 fully saturated rings. The van der Waals surface area contributed by atoms with E-state index in [0.717, 1.165) is 48.2 Å². The maximum absolute atomic E-state index is 12.6. The standard InChI is InChI=1S/C23H27F3N4O.HI/c1-27-22(28-13-12-16-8-10-19(11-9-16)23(24,25)26)29-15-17-4-2-7-20(14-17)30-21(31)18-5-3-6-18;/h2,4,7-11,14,18H,3,5-6,12-13,15H2,1H3,(H,30,31)(H2,27,28,29);1H. The summed E-state index contributed by atoms with van der Waals surface area (Å²) in [5, 5.41) is 9.33. The monoisotopic (exact) mass is 560 g/mol. The second-order valence-corrected chi connectivity index (χ2v) is 7.61. The number of carbonyl (C=O) groups is 1. The van der Waals surface area contributed by atoms with Crippen LogP contribution in [0.1, 0.15) is 36.0 Å². The van der Waals surface area contributed by atoms with E-state index in [0.29, 0.717) is 25.5 Å². The molecule has 0 saturated heterocycles. The highest BCUT2D eigenvalue weighted by molar-refractivity contribution is 14.0. The molecule has 0 spiro atoms. The van der Waals surface area contributed by atoms with Gasteiger partial charge < -0.3 is 16.0 Å². The van der Waals surface area contributed by atoms with E-state index in [-0.39, 0.29) is 35.8 Å². The molecule has 3 rings (SSSR count). The molecule has 174 valence electrons. The molecule has 0 aromatic heterocycles. The van der Waals surface area contributed by atoms with Crippen molar-refractivity contribution >= 4 is 41.5 Å². The lowest BCUT2D eigenvalue weighted by Gasteiger charge is -2.24. The molecule has 1 amide bonds. The van der Waals surface area contributed by atoms with Gasteiger partial charge in [0.05, 0.1) is 5.56 Å². The number of nitrogens with one attached hydrogen (secondary N) is 3. The summed E-state index contributed by atoms with van der Waals surface area (Å²) in [6.45, 7) is 1.05. The molecular weight excluding hydrogens is 532 g/mol. The van der Waals surface area contributed by atoms with Crippen LogP contribution in [0.25, 0.3) is 0 Å². The van der Waals surface area contributed by atoms with E-state index in [1.165, 1.54) is 12.1 Å². The highest BCUT2D eigenvalue weighted by atomic mass is 127. The minimum atomic E-state index is -4.32. The molecule has 0 atom stereocenters. The Balaban J connectivity index is 0.00000363. The maximum Gasteiger partial charge on any atom is 0.416 e. The van der Waals surface area contributed by atoms with Crippen LogP contribution in [0.4, 0.5) is 18.9 Å². The number of halogens is 4. The highest BCUT2D eigenvalue weighted by Gasteiger charge is 2.29. The number of guanidine groups is 1. The first kappa shape index (κ1) is 26.0. The van der Waals surface area contributed by atoms with Gasteiger partial charge in [0.15, 0.2) is 5.96 Å². The summed E-state index contributed by atoms with van der Waals surface area (Å²) >= 11 is 0. The molecule has 5 nitrogen and oxygen atoms in total. The van der Waals surface area contributed by atoms with Crippen molar-refractivity contribution in [3.05, 3.63) is 65.2 Å². The first-order valence-electron chi connectivity index (χ1n) is 10.4. The van der Waals surface area contributed by atoms with Crippen molar-refractivity contribution in [1.82, 2.24) is 10.6 Å². The average Bonchev–Trinajstić information content (AvgIpc) is 2.69. The van der Waals surface area contributed by atoms with Crippen LogP contribution in [0.2, 0.25) is 0 Å². The van der Waals surface area contributed by atoms with Gasteiger partial charge in [0.25, 0.3) is 0 Å². The molecular formula is C23H28F3IN4O. The zero-order chi connectivity index (χ0) is 22.3. The molecule has 1 aliphatic rings. The van der Waals surface area contributed by atoms with E-state index < -0.39 is 11.7 Å². The lowest BCUT2D eigenvalue weighted by atomic mass is 9.85. The fourth-order valence-corrected chi connectivity index (χ4v) is 3.27. The predicted molar refractivity (Wildman–Crippen MR) is 131 cm³/mol. The average molecular weight is 560 g/mol. The number of amides is 1. The molecule has 3 N–H and O–H groups in total. The third-order valence-electron chi connectivity index (χ3n) is 5.34. The number of hydrogen-bond donors (Lipinski definition) is 3. The third kappa shape index (κ3) is 7.68. The van der Waals surface area contributed by atoms with Crippen LogP contribution >= 0.6 is 24.0 Å². The zero-order valence-corrected chi connectivity index (χ0v) is 20.2. The molecule has 0 radical (unpaired) electrons. The smallest absolute Gasteiger partial charge is 0.356 e. The van der Waals surface area contributed by atoms with E-state index in [1.54, 1.807) is 7.05 Å². The van der Waals surface area contributed by atoms with Crippen LogP contribution < -0.4 is 16.0 Å². The molecule has 2 aromatic rings. The lowest BCUT2D eigenvalue weighted by Crippen LogP contribution is -2.37. The number of hydrogen-bond acceptors (Lipinski definition) is 2. The summed E-state index contributed by atoms with van der Waals surface area (Å²) in [7, 11) is 1.66. The lowest BCUT2D eigenvalue weighted by molar-refractivity contribution is -0.137. The second kappa shape index (κ2) is 12.1. The summed E-state index contributed by atoms with van der Waals surface area (Å²) in [6, 6.07) is 12.8. The van der Waals surface area contributed by atoms with Crippen molar-refractivity contribution in [3.8, 4) is 0 Å². The molecule has 0 unspecified atom stereocenters. The Bertz CT molecular complexity index is 912. The Kier molecular flexibility index (Phi) is 9.80. The van der Waals surface area contributed by atoms with Crippen molar-refractivity contribution < 1.29 is 18.0 Å². The molecule has 0 heterocycles. The van der Waals surface area contributed by atoms with Crippen molar-refractivity contribution in [3.63, 3.8) is 0 Å². The fourth-order valence-electron chi connectivity index (χ4n) is 3.27. The molecule has 32 heavy (non-hydrogen) atoms. The molecule has 1 aliphatic carbocycles. The van der Waals surface area contributed by atoms with Crippen LogP contribution in [0.5, 0.6) is 0 Å². The van der Waals surface area contributed by atoms with Gasteiger partial charge >= 0.3 is 6.18 Å². The van der Waals surface area contributed by atoms with Crippen LogP contribution in [0.15, 0.2) is 53.5 Å². The van der Waals surface area contributed by atoms with Crippen LogP contribution in [-0.2, 0) is 23.9 Å². The van der Waals surface area contributed by atoms with Gasteiger partial charge in [-0.25, -0.2) is 0 Å². The summed E-state index contributed by atoms with van der Waals surface area (Å²) < 4.78 is 37.9. The Morgan fingerprint density at radius 2 is 1.78 bits per heavy atom. The summed E-state index contributed by atoms with van der Waals surface area (Å²) in [6.07, 6.45) is -0.711. The van der Waals surface area contributed by atoms with Gasteiger partial charge in [-0.15, -0.1) is 24.0 Å². The van der Waals surface area contributed by atoms with Gasteiger partial charge in [0, 0.05) is 31.7 Å². The van der Waals surface area contributed by atoms with Gasteiger partial charge in [-0.1, -0.05) is 30.7 Å². The van der Waals surface area contributed by atoms with Crippen LogP contribution in [0.3, 0.4) is 0 Å². The van der Waals surface area contributed by atoms with Crippen molar-refractivity contribution in [2.45, 2.75) is 38.4 Å². The largest absolute Gasteiger partial charge is 0.416 e. The van der Waals surface area contributed by atoms with Crippen LogP contribution in [-0.4, -0.2) is 25.5 Å². The molecule has 9 heteroatoms. The highest BCUT2D eigenvalue weighted by Crippen LogP contribution is 2.29. The van der Waals surface area contributed by atoms with E-state index in [1.807, 2.05) is 24.3 Å². The maximum atomic E-state index is 12.6. The summed E-state index contributed by atoms with van der Waals surface area (Å²) in [5.41, 5.74) is 1.94. The third-order valence-corrected chi connectivity index (χ3v) is 5.34. The first-order chi connectivity index (χ1) is 14.8. The zero-order valence-electron chi connectivity index (χ0n) is 17.8. The Hall–Kier alpha value is -2.30. The minimum absolute atomic E-state index is 0. The number of aliphatic imine (C=N–C) groups is 1. The van der Waals surface area contributed by atoms with Crippen molar-refractivity contribution in [1.29, 1.82) is 0 Å². The SMILES string of the molecule is CN=C(NCCc1ccc(C(F)(F)F)cc1)NCc1cccc(NC(=O)C2CCC2)c1.I. The van der Waals surface area contributed by atoms with E-state index >= 15 is 0 Å². The van der Waals surface area contributed by atoms with Gasteiger partial charge in [-0.3, -0.25) is 9.79 Å². The van der Waals surface area contributed by atoms with Gasteiger partial charge in [-0.2, -0.15) is 13.2 Å². The van der Waals surface area contributed by atoms with E-state index in [4.69, 9.17) is 0 Å². The van der Waals surface area contributed by atoms with Crippen molar-refractivity contribution in [2.24, 2.45) is 10.9 Å². The first-order valence-corrected chi connectivity index (χ1v) is 10.4. The predicted octanol–water partition coefficient (Wildman–Crippen LogP) is 4.97. The normalized spacial score (nSPS) is 14.2. The number of alkyl halides is 3.